The minimum absolute atomic E-state index is 0.0297. The van der Waals surface area contributed by atoms with Crippen LogP contribution in [-0.4, -0.2) is 41.9 Å². The number of amides is 2. The zero-order valence-corrected chi connectivity index (χ0v) is 13.6. The van der Waals surface area contributed by atoms with E-state index in [2.05, 4.69) is 5.32 Å². The van der Waals surface area contributed by atoms with Gasteiger partial charge in [-0.25, -0.2) is 0 Å². The lowest BCUT2D eigenvalue weighted by Gasteiger charge is -2.24. The molecule has 2 rings (SSSR count). The van der Waals surface area contributed by atoms with Gasteiger partial charge < -0.3 is 16.0 Å². The normalized spacial score (nSPS) is 21.0. The second kappa shape index (κ2) is 6.92. The summed E-state index contributed by atoms with van der Waals surface area (Å²) in [4.78, 5) is 26.4. The average Bonchev–Trinajstić information content (AvgIpc) is 2.85. The number of nitrogens with one attached hydrogen (secondary N) is 1. The third kappa shape index (κ3) is 3.65. The highest BCUT2D eigenvalue weighted by molar-refractivity contribution is 5.89. The van der Waals surface area contributed by atoms with Crippen molar-refractivity contribution in [3.63, 3.8) is 0 Å². The van der Waals surface area contributed by atoms with Crippen molar-refractivity contribution in [2.24, 2.45) is 5.73 Å². The molecule has 0 saturated carbocycles. The van der Waals surface area contributed by atoms with Crippen LogP contribution in [0.25, 0.3) is 0 Å². The van der Waals surface area contributed by atoms with Crippen molar-refractivity contribution in [3.8, 4) is 0 Å². The minimum atomic E-state index is -0.437. The molecule has 0 bridgehead atoms. The molecular weight excluding hydrogens is 278 g/mol. The Kier molecular flexibility index (Phi) is 5.19. The van der Waals surface area contributed by atoms with Crippen LogP contribution >= 0.6 is 0 Å². The molecule has 3 N–H and O–H groups in total. The van der Waals surface area contributed by atoms with E-state index in [1.165, 1.54) is 0 Å². The Bertz CT molecular complexity index is 571. The molecule has 120 valence electrons. The molecule has 5 heteroatoms. The lowest BCUT2D eigenvalue weighted by molar-refractivity contribution is -0.137. The molecule has 0 aromatic heterocycles. The minimum Gasteiger partial charge on any atom is -0.355 e. The number of aryl methyl sites for hydroxylation is 2. The number of hydrogen-bond acceptors (Lipinski definition) is 3. The Morgan fingerprint density at radius 2 is 2.09 bits per heavy atom. The van der Waals surface area contributed by atoms with Gasteiger partial charge in [-0.05, 0) is 38.3 Å². The van der Waals surface area contributed by atoms with Crippen molar-refractivity contribution >= 4 is 11.8 Å². The molecule has 0 unspecified atom stereocenters. The van der Waals surface area contributed by atoms with Crippen molar-refractivity contribution in [2.45, 2.75) is 45.7 Å². The van der Waals surface area contributed by atoms with Crippen molar-refractivity contribution in [1.29, 1.82) is 0 Å². The van der Waals surface area contributed by atoms with Crippen LogP contribution in [0.1, 0.15) is 30.0 Å². The van der Waals surface area contributed by atoms with Gasteiger partial charge in [0.15, 0.2) is 0 Å². The summed E-state index contributed by atoms with van der Waals surface area (Å²) in [6.07, 6.45) is 0.848. The van der Waals surface area contributed by atoms with E-state index in [1.807, 2.05) is 39.0 Å². The van der Waals surface area contributed by atoms with Gasteiger partial charge in [0.1, 0.15) is 6.04 Å². The fraction of sp³-hybridized carbons (Fsp3) is 0.529. The zero-order chi connectivity index (χ0) is 16.3. The summed E-state index contributed by atoms with van der Waals surface area (Å²) >= 11 is 0. The number of benzene rings is 1. The van der Waals surface area contributed by atoms with Crippen molar-refractivity contribution in [2.75, 3.05) is 13.1 Å². The molecule has 0 radical (unpaired) electrons. The number of nitrogens with two attached hydrogens (primary N) is 1. The van der Waals surface area contributed by atoms with Crippen LogP contribution in [0.15, 0.2) is 18.2 Å². The van der Waals surface area contributed by atoms with Crippen LogP contribution < -0.4 is 11.1 Å². The van der Waals surface area contributed by atoms with E-state index >= 15 is 0 Å². The van der Waals surface area contributed by atoms with Gasteiger partial charge in [-0.1, -0.05) is 23.8 Å². The maximum Gasteiger partial charge on any atom is 0.242 e. The molecule has 22 heavy (non-hydrogen) atoms. The number of carbonyl (C=O) groups is 2. The summed E-state index contributed by atoms with van der Waals surface area (Å²) in [6.45, 7) is 6.89. The molecule has 1 fully saturated rings. The lowest BCUT2D eigenvalue weighted by Crippen LogP contribution is -2.46. The van der Waals surface area contributed by atoms with Crippen LogP contribution in [0.5, 0.6) is 0 Å². The number of rotatable bonds is 4. The summed E-state index contributed by atoms with van der Waals surface area (Å²) in [5, 5.41) is 2.79. The summed E-state index contributed by atoms with van der Waals surface area (Å²) in [7, 11) is 0. The Balaban J connectivity index is 2.13. The molecule has 0 spiro atoms. The molecule has 2 amide bonds. The van der Waals surface area contributed by atoms with E-state index < -0.39 is 6.04 Å². The third-order valence-electron chi connectivity index (χ3n) is 4.15. The predicted octanol–water partition coefficient (Wildman–Crippen LogP) is 0.910. The van der Waals surface area contributed by atoms with Gasteiger partial charge in [0, 0.05) is 19.1 Å². The molecule has 1 aliphatic rings. The maximum absolute atomic E-state index is 12.6. The van der Waals surface area contributed by atoms with E-state index in [-0.39, 0.29) is 17.9 Å². The van der Waals surface area contributed by atoms with E-state index in [9.17, 15) is 9.59 Å². The van der Waals surface area contributed by atoms with Gasteiger partial charge in [0.05, 0.1) is 6.42 Å². The summed E-state index contributed by atoms with van der Waals surface area (Å²) in [5.41, 5.74) is 9.20. The predicted molar refractivity (Wildman–Crippen MR) is 86.4 cm³/mol. The molecule has 5 nitrogen and oxygen atoms in total. The van der Waals surface area contributed by atoms with Crippen molar-refractivity contribution in [1.82, 2.24) is 10.2 Å². The van der Waals surface area contributed by atoms with Crippen LogP contribution in [-0.2, 0) is 16.0 Å². The Morgan fingerprint density at radius 1 is 1.36 bits per heavy atom. The number of carbonyl (C=O) groups excluding carboxylic acids is 2. The second-order valence-electron chi connectivity index (χ2n) is 6.06. The number of likely N-dealkylation sites (tertiary alicyclic amines) is 1. The fourth-order valence-electron chi connectivity index (χ4n) is 2.94. The SMILES string of the molecule is CCNC(=O)[C@@H]1C[C@H](N)CN1C(=O)Cc1cc(C)ccc1C. The second-order valence-corrected chi connectivity index (χ2v) is 6.06. The quantitative estimate of drug-likeness (QED) is 0.868. The number of hydrogen-bond donors (Lipinski definition) is 2. The maximum atomic E-state index is 12.6. The average molecular weight is 303 g/mol. The first-order chi connectivity index (χ1) is 10.4. The van der Waals surface area contributed by atoms with Crippen LogP contribution in [0.4, 0.5) is 0 Å². The van der Waals surface area contributed by atoms with Gasteiger partial charge in [-0.3, -0.25) is 9.59 Å². The number of nitrogens with zero attached hydrogens (tertiary/aromatic N) is 1. The van der Waals surface area contributed by atoms with Gasteiger partial charge in [-0.2, -0.15) is 0 Å². The van der Waals surface area contributed by atoms with E-state index in [0.29, 0.717) is 25.9 Å². The topological polar surface area (TPSA) is 75.4 Å². The van der Waals surface area contributed by atoms with Crippen LogP contribution in [0, 0.1) is 13.8 Å². The first-order valence-corrected chi connectivity index (χ1v) is 7.81. The largest absolute Gasteiger partial charge is 0.355 e. The molecule has 2 atom stereocenters. The summed E-state index contributed by atoms with van der Waals surface area (Å²) in [6, 6.07) is 5.52. The first-order valence-electron chi connectivity index (χ1n) is 7.81. The van der Waals surface area contributed by atoms with Crippen LogP contribution in [0.2, 0.25) is 0 Å². The van der Waals surface area contributed by atoms with Crippen molar-refractivity contribution < 1.29 is 9.59 Å². The van der Waals surface area contributed by atoms with Gasteiger partial charge >= 0.3 is 0 Å². The smallest absolute Gasteiger partial charge is 0.242 e. The summed E-state index contributed by atoms with van der Waals surface area (Å²) < 4.78 is 0. The van der Waals surface area contributed by atoms with E-state index in [4.69, 9.17) is 5.73 Å². The lowest BCUT2D eigenvalue weighted by atomic mass is 10.0. The molecule has 1 aromatic carbocycles. The number of likely N-dealkylation sites (N-methyl/N-ethyl adjacent to an activating group) is 1. The van der Waals surface area contributed by atoms with Crippen LogP contribution in [0.3, 0.4) is 0 Å². The molecular formula is C17H25N3O2. The molecule has 1 saturated heterocycles. The highest BCUT2D eigenvalue weighted by Crippen LogP contribution is 2.20. The monoisotopic (exact) mass is 303 g/mol. The fourth-order valence-corrected chi connectivity index (χ4v) is 2.94. The molecule has 1 aliphatic heterocycles. The Labute approximate surface area is 131 Å². The highest BCUT2D eigenvalue weighted by Gasteiger charge is 2.37. The molecule has 1 aromatic rings. The van der Waals surface area contributed by atoms with Gasteiger partial charge in [-0.15, -0.1) is 0 Å². The van der Waals surface area contributed by atoms with E-state index in [0.717, 1.165) is 16.7 Å². The summed E-state index contributed by atoms with van der Waals surface area (Å²) in [5.74, 6) is -0.136. The highest BCUT2D eigenvalue weighted by atomic mass is 16.2. The first kappa shape index (κ1) is 16.5. The van der Waals surface area contributed by atoms with E-state index in [1.54, 1.807) is 4.90 Å². The Hall–Kier alpha value is -1.88. The van der Waals surface area contributed by atoms with Crippen molar-refractivity contribution in [3.05, 3.63) is 34.9 Å². The zero-order valence-electron chi connectivity index (χ0n) is 13.6. The Morgan fingerprint density at radius 3 is 2.77 bits per heavy atom. The third-order valence-corrected chi connectivity index (χ3v) is 4.15. The van der Waals surface area contributed by atoms with Gasteiger partial charge in [0.25, 0.3) is 0 Å². The van der Waals surface area contributed by atoms with Gasteiger partial charge in [0.2, 0.25) is 11.8 Å². The molecule has 1 heterocycles. The standard InChI is InChI=1S/C17H25N3O2/c1-4-19-17(22)15-9-14(18)10-20(15)16(21)8-13-7-11(2)5-6-12(13)3/h5-7,14-15H,4,8-10,18H2,1-3H3,(H,19,22)/t14-,15-/m0/s1. The molecule has 0 aliphatic carbocycles.